The van der Waals surface area contributed by atoms with Crippen LogP contribution in [0.3, 0.4) is 0 Å². The fourth-order valence-corrected chi connectivity index (χ4v) is 5.58. The molecule has 1 spiro atoms. The molecule has 0 unspecified atom stereocenters. The molecule has 5 rings (SSSR count). The zero-order valence-corrected chi connectivity index (χ0v) is 19.4. The van der Waals surface area contributed by atoms with Gasteiger partial charge in [-0.25, -0.2) is 0 Å². The normalized spacial score (nSPS) is 22.4. The van der Waals surface area contributed by atoms with Gasteiger partial charge in [0, 0.05) is 68.4 Å². The number of anilines is 2. The summed E-state index contributed by atoms with van der Waals surface area (Å²) in [4.78, 5) is 14.8. The number of piperazine rings is 1. The zero-order valence-electron chi connectivity index (χ0n) is 18.6. The van der Waals surface area contributed by atoms with Crippen LogP contribution in [0.5, 0.6) is 0 Å². The number of hydrogen-bond donors (Lipinski definition) is 0. The van der Waals surface area contributed by atoms with E-state index in [1.54, 1.807) is 0 Å². The molecule has 1 aromatic heterocycles. The lowest BCUT2D eigenvalue weighted by atomic mass is 9.78. The first-order chi connectivity index (χ1) is 15.1. The molecule has 0 aliphatic carbocycles. The summed E-state index contributed by atoms with van der Waals surface area (Å²) in [5, 5.41) is 0.799. The fourth-order valence-electron chi connectivity index (χ4n) is 5.45. The molecule has 2 aromatic rings. The van der Waals surface area contributed by atoms with Crippen molar-refractivity contribution in [1.82, 2.24) is 14.8 Å². The lowest BCUT2D eigenvalue weighted by Crippen LogP contribution is -2.46. The van der Waals surface area contributed by atoms with Gasteiger partial charge in [0.2, 0.25) is 0 Å². The second-order valence-electron chi connectivity index (χ2n) is 9.72. The molecule has 3 aliphatic heterocycles. The van der Waals surface area contributed by atoms with Crippen molar-refractivity contribution in [2.24, 2.45) is 5.41 Å². The molecule has 0 radical (unpaired) electrons. The van der Waals surface area contributed by atoms with Crippen molar-refractivity contribution in [3.63, 3.8) is 0 Å². The highest BCUT2D eigenvalue weighted by molar-refractivity contribution is 6.30. The van der Waals surface area contributed by atoms with Gasteiger partial charge in [-0.15, -0.1) is 0 Å². The second-order valence-corrected chi connectivity index (χ2v) is 10.2. The Hall–Kier alpha value is -1.82. The third-order valence-electron chi connectivity index (χ3n) is 7.60. The van der Waals surface area contributed by atoms with E-state index >= 15 is 0 Å². The fraction of sp³-hybridized carbons (Fsp3) is 0.560. The van der Waals surface area contributed by atoms with Crippen molar-refractivity contribution in [2.75, 3.05) is 69.2 Å². The third-order valence-corrected chi connectivity index (χ3v) is 7.85. The van der Waals surface area contributed by atoms with Gasteiger partial charge in [0.25, 0.3) is 0 Å². The van der Waals surface area contributed by atoms with Gasteiger partial charge >= 0.3 is 0 Å². The van der Waals surface area contributed by atoms with E-state index in [9.17, 15) is 0 Å². The molecule has 1 aromatic carbocycles. The molecule has 0 atom stereocenters. The lowest BCUT2D eigenvalue weighted by molar-refractivity contribution is 0.142. The van der Waals surface area contributed by atoms with E-state index in [2.05, 4.69) is 50.9 Å². The molecule has 0 bridgehead atoms. The molecule has 4 heterocycles. The minimum absolute atomic E-state index is 0.536. The molecule has 31 heavy (non-hydrogen) atoms. The van der Waals surface area contributed by atoms with Crippen LogP contribution in [0.25, 0.3) is 0 Å². The smallest absolute Gasteiger partial charge is 0.0564 e. The molecule has 0 N–H and O–H groups in total. The average molecular weight is 440 g/mol. The van der Waals surface area contributed by atoms with Crippen LogP contribution >= 0.6 is 11.6 Å². The van der Waals surface area contributed by atoms with E-state index in [1.807, 2.05) is 18.3 Å². The first-order valence-electron chi connectivity index (χ1n) is 11.7. The Balaban J connectivity index is 1.17. The van der Waals surface area contributed by atoms with Crippen LogP contribution in [0.1, 0.15) is 25.0 Å². The van der Waals surface area contributed by atoms with Crippen LogP contribution in [0.15, 0.2) is 42.6 Å². The van der Waals surface area contributed by atoms with E-state index in [4.69, 9.17) is 16.6 Å². The summed E-state index contributed by atoms with van der Waals surface area (Å²) in [6, 6.07) is 12.7. The topological polar surface area (TPSA) is 25.9 Å². The molecular formula is C25H34ClN5. The molecule has 3 fully saturated rings. The van der Waals surface area contributed by atoms with Gasteiger partial charge in [-0.3, -0.25) is 9.88 Å². The average Bonchev–Trinajstić information content (AvgIpc) is 3.21. The number of benzene rings is 1. The number of hydrogen-bond acceptors (Lipinski definition) is 5. The molecular weight excluding hydrogens is 406 g/mol. The SMILES string of the molecule is CN1CCC2(CC1)CCN(c1ccnc(CN3CCN(c4ccc(Cl)cc4)CC3)c1)C2. The lowest BCUT2D eigenvalue weighted by Gasteiger charge is -2.38. The maximum absolute atomic E-state index is 6.03. The number of aromatic nitrogens is 1. The maximum atomic E-state index is 6.03. The van der Waals surface area contributed by atoms with Gasteiger partial charge in [-0.2, -0.15) is 0 Å². The van der Waals surface area contributed by atoms with Crippen molar-refractivity contribution in [3.8, 4) is 0 Å². The first kappa shape index (κ1) is 21.0. The van der Waals surface area contributed by atoms with Gasteiger partial charge in [-0.1, -0.05) is 11.6 Å². The monoisotopic (exact) mass is 439 g/mol. The van der Waals surface area contributed by atoms with Gasteiger partial charge in [-0.05, 0) is 81.2 Å². The standard InChI is InChI=1S/C25H34ClN5/c1-28-11-7-25(8-12-28)9-13-31(20-25)24-6-10-27-22(18-24)19-29-14-16-30(17-15-29)23-4-2-21(26)3-5-23/h2-6,10,18H,7-9,11-17,19-20H2,1H3. The molecule has 0 saturated carbocycles. The maximum Gasteiger partial charge on any atom is 0.0564 e. The summed E-state index contributed by atoms with van der Waals surface area (Å²) in [6.07, 6.45) is 6.03. The van der Waals surface area contributed by atoms with Crippen molar-refractivity contribution >= 4 is 23.0 Å². The highest BCUT2D eigenvalue weighted by Gasteiger charge is 2.40. The Bertz CT molecular complexity index is 870. The number of halogens is 1. The van der Waals surface area contributed by atoms with Crippen LogP contribution in [-0.4, -0.2) is 74.2 Å². The van der Waals surface area contributed by atoms with Crippen molar-refractivity contribution in [3.05, 3.63) is 53.3 Å². The number of nitrogens with zero attached hydrogens (tertiary/aromatic N) is 5. The van der Waals surface area contributed by atoms with Crippen LogP contribution in [-0.2, 0) is 6.54 Å². The van der Waals surface area contributed by atoms with Crippen molar-refractivity contribution in [1.29, 1.82) is 0 Å². The van der Waals surface area contributed by atoms with Crippen LogP contribution in [0.4, 0.5) is 11.4 Å². The summed E-state index contributed by atoms with van der Waals surface area (Å²) in [7, 11) is 2.25. The summed E-state index contributed by atoms with van der Waals surface area (Å²) in [5.74, 6) is 0. The highest BCUT2D eigenvalue weighted by atomic mass is 35.5. The molecule has 5 nitrogen and oxygen atoms in total. The van der Waals surface area contributed by atoms with Crippen molar-refractivity contribution in [2.45, 2.75) is 25.8 Å². The Labute approximate surface area is 191 Å². The number of likely N-dealkylation sites (tertiary alicyclic amines) is 1. The van der Waals surface area contributed by atoms with Gasteiger partial charge in [0.05, 0.1) is 5.69 Å². The number of pyridine rings is 1. The number of rotatable bonds is 4. The molecule has 3 aliphatic rings. The van der Waals surface area contributed by atoms with Crippen molar-refractivity contribution < 1.29 is 0 Å². The molecule has 3 saturated heterocycles. The summed E-state index contributed by atoms with van der Waals surface area (Å²) in [6.45, 7) is 10.1. The molecule has 166 valence electrons. The van der Waals surface area contributed by atoms with E-state index in [0.29, 0.717) is 5.41 Å². The Morgan fingerprint density at radius 1 is 0.839 bits per heavy atom. The predicted octanol–water partition coefficient (Wildman–Crippen LogP) is 3.98. The van der Waals surface area contributed by atoms with E-state index in [0.717, 1.165) is 37.7 Å². The van der Waals surface area contributed by atoms with Crippen LogP contribution < -0.4 is 9.80 Å². The third kappa shape index (κ3) is 4.84. The van der Waals surface area contributed by atoms with Crippen LogP contribution in [0, 0.1) is 5.41 Å². The van der Waals surface area contributed by atoms with Crippen LogP contribution in [0.2, 0.25) is 5.02 Å². The Kier molecular flexibility index (Phi) is 6.09. The summed E-state index contributed by atoms with van der Waals surface area (Å²) >= 11 is 6.03. The quantitative estimate of drug-likeness (QED) is 0.717. The highest BCUT2D eigenvalue weighted by Crippen LogP contribution is 2.41. The summed E-state index contributed by atoms with van der Waals surface area (Å²) < 4.78 is 0. The van der Waals surface area contributed by atoms with E-state index in [1.165, 1.54) is 62.5 Å². The Morgan fingerprint density at radius 2 is 1.55 bits per heavy atom. The van der Waals surface area contributed by atoms with Gasteiger partial charge in [0.1, 0.15) is 0 Å². The summed E-state index contributed by atoms with van der Waals surface area (Å²) in [5.41, 5.74) is 4.36. The molecule has 6 heteroatoms. The van der Waals surface area contributed by atoms with Gasteiger partial charge in [0.15, 0.2) is 0 Å². The zero-order chi connectivity index (χ0) is 21.3. The second kappa shape index (κ2) is 8.97. The number of piperidine rings is 1. The van der Waals surface area contributed by atoms with E-state index in [-0.39, 0.29) is 0 Å². The van der Waals surface area contributed by atoms with E-state index < -0.39 is 0 Å². The van der Waals surface area contributed by atoms with Gasteiger partial charge < -0.3 is 14.7 Å². The first-order valence-corrected chi connectivity index (χ1v) is 12.1. The Morgan fingerprint density at radius 3 is 2.29 bits per heavy atom. The largest absolute Gasteiger partial charge is 0.371 e. The minimum atomic E-state index is 0.536. The predicted molar refractivity (Wildman–Crippen MR) is 129 cm³/mol. The minimum Gasteiger partial charge on any atom is -0.371 e. The molecule has 0 amide bonds.